The van der Waals surface area contributed by atoms with Crippen LogP contribution in [0.25, 0.3) is 0 Å². The van der Waals surface area contributed by atoms with Crippen LogP contribution in [0.3, 0.4) is 0 Å². The Hall–Kier alpha value is -1.60. The Labute approximate surface area is 174 Å². The first-order chi connectivity index (χ1) is 13.4. The molecule has 30 heavy (non-hydrogen) atoms. The molecule has 0 aliphatic carbocycles. The molecule has 174 valence electrons. The SMILES string of the molecule is CS(=O)(=O)OCCS(=O)(=O)CC(=O)N=CC=NC(=O)CS(=O)(=O)CCOS(C)(=O)=O. The number of amides is 2. The Kier molecular flexibility index (Phi) is 11.1. The van der Waals surface area contributed by atoms with E-state index in [4.69, 9.17) is 0 Å². The zero-order chi connectivity index (χ0) is 23.6. The molecule has 0 heterocycles. The van der Waals surface area contributed by atoms with Crippen LogP contribution in [-0.4, -0.2) is 107 Å². The lowest BCUT2D eigenvalue weighted by molar-refractivity contribution is -0.116. The lowest BCUT2D eigenvalue weighted by Gasteiger charge is -2.02. The van der Waals surface area contributed by atoms with Gasteiger partial charge in [-0.3, -0.25) is 18.0 Å². The molecule has 18 heteroatoms. The maximum absolute atomic E-state index is 11.6. The Balaban J connectivity index is 4.52. The molecule has 0 aliphatic rings. The van der Waals surface area contributed by atoms with Gasteiger partial charge in [0, 0.05) is 12.4 Å². The number of carbonyl (C=O) groups is 2. The van der Waals surface area contributed by atoms with Gasteiger partial charge >= 0.3 is 0 Å². The van der Waals surface area contributed by atoms with Crippen LogP contribution in [0.15, 0.2) is 9.98 Å². The lowest BCUT2D eigenvalue weighted by atomic mass is 10.6. The second-order valence-corrected chi connectivity index (χ2v) is 13.2. The summed E-state index contributed by atoms with van der Waals surface area (Å²) in [5.41, 5.74) is 0. The molecule has 0 spiro atoms. The van der Waals surface area contributed by atoms with Crippen molar-refractivity contribution in [3.05, 3.63) is 0 Å². The Morgan fingerprint density at radius 3 is 1.23 bits per heavy atom. The highest BCUT2D eigenvalue weighted by atomic mass is 32.2. The van der Waals surface area contributed by atoms with E-state index in [1.165, 1.54) is 0 Å². The summed E-state index contributed by atoms with van der Waals surface area (Å²) in [6, 6.07) is 0. The minimum Gasteiger partial charge on any atom is -0.271 e. The van der Waals surface area contributed by atoms with E-state index in [-0.39, 0.29) is 0 Å². The van der Waals surface area contributed by atoms with E-state index < -0.39 is 88.0 Å². The van der Waals surface area contributed by atoms with Crippen molar-refractivity contribution >= 4 is 64.2 Å². The molecule has 0 saturated heterocycles. The van der Waals surface area contributed by atoms with Crippen molar-refractivity contribution in [2.24, 2.45) is 9.98 Å². The van der Waals surface area contributed by atoms with E-state index in [1.807, 2.05) is 0 Å². The van der Waals surface area contributed by atoms with E-state index in [0.717, 1.165) is 12.5 Å². The first-order valence-electron chi connectivity index (χ1n) is 7.63. The lowest BCUT2D eigenvalue weighted by Crippen LogP contribution is -2.22. The largest absolute Gasteiger partial charge is 0.271 e. The van der Waals surface area contributed by atoms with Gasteiger partial charge in [-0.25, -0.2) is 26.8 Å². The summed E-state index contributed by atoms with van der Waals surface area (Å²) in [5.74, 6) is -5.86. The maximum Gasteiger partial charge on any atom is 0.264 e. The van der Waals surface area contributed by atoms with Crippen LogP contribution in [0.5, 0.6) is 0 Å². The number of nitrogens with zero attached hydrogens (tertiary/aromatic N) is 2. The van der Waals surface area contributed by atoms with Gasteiger partial charge in [0.15, 0.2) is 19.7 Å². The predicted octanol–water partition coefficient (Wildman–Crippen LogP) is -3.04. The maximum atomic E-state index is 11.6. The van der Waals surface area contributed by atoms with Gasteiger partial charge in [-0.1, -0.05) is 0 Å². The van der Waals surface area contributed by atoms with Crippen molar-refractivity contribution in [2.45, 2.75) is 0 Å². The average Bonchev–Trinajstić information content (AvgIpc) is 2.47. The van der Waals surface area contributed by atoms with Crippen molar-refractivity contribution in [2.75, 3.05) is 48.7 Å². The minimum absolute atomic E-state index is 0.669. The molecule has 0 aromatic heterocycles. The Morgan fingerprint density at radius 1 is 0.667 bits per heavy atom. The van der Waals surface area contributed by atoms with Crippen LogP contribution in [-0.2, 0) is 57.9 Å². The quantitative estimate of drug-likeness (QED) is 0.178. The van der Waals surface area contributed by atoms with E-state index in [1.54, 1.807) is 0 Å². The highest BCUT2D eigenvalue weighted by Crippen LogP contribution is 1.96. The molecule has 0 rings (SSSR count). The van der Waals surface area contributed by atoms with E-state index >= 15 is 0 Å². The topological polar surface area (TPSA) is 214 Å². The van der Waals surface area contributed by atoms with Crippen molar-refractivity contribution in [3.8, 4) is 0 Å². The third kappa shape index (κ3) is 17.3. The fraction of sp³-hybridized carbons (Fsp3) is 0.667. The van der Waals surface area contributed by atoms with Gasteiger partial charge in [-0.2, -0.15) is 16.8 Å². The molecular formula is C12H20N2O12S4. The zero-order valence-electron chi connectivity index (χ0n) is 15.8. The molecule has 0 radical (unpaired) electrons. The van der Waals surface area contributed by atoms with Gasteiger partial charge < -0.3 is 0 Å². The molecule has 0 aromatic carbocycles. The molecular weight excluding hydrogens is 492 g/mol. The molecule has 0 saturated carbocycles. The van der Waals surface area contributed by atoms with Crippen LogP contribution < -0.4 is 0 Å². The van der Waals surface area contributed by atoms with Crippen LogP contribution in [0.4, 0.5) is 0 Å². The summed E-state index contributed by atoms with van der Waals surface area (Å²) >= 11 is 0. The van der Waals surface area contributed by atoms with Gasteiger partial charge in [0.2, 0.25) is 0 Å². The number of rotatable bonds is 13. The monoisotopic (exact) mass is 512 g/mol. The van der Waals surface area contributed by atoms with Crippen LogP contribution in [0, 0.1) is 0 Å². The average molecular weight is 513 g/mol. The summed E-state index contributed by atoms with van der Waals surface area (Å²) in [4.78, 5) is 29.2. The minimum atomic E-state index is -4.00. The fourth-order valence-corrected chi connectivity index (χ4v) is 4.30. The fourth-order valence-electron chi connectivity index (χ4n) is 1.45. The highest BCUT2D eigenvalue weighted by Gasteiger charge is 2.18. The van der Waals surface area contributed by atoms with E-state index in [2.05, 4.69) is 18.4 Å². The standard InChI is InChI=1S/C12H20N2O12S4/c1-27(17,18)25-5-7-29(21,22)9-11(15)13-3-4-14-12(16)10-30(23,24)8-6-26-28(2,19)20/h3-4H,5-10H2,1-2H3. The van der Waals surface area contributed by atoms with Gasteiger partial charge in [0.05, 0.1) is 37.2 Å². The van der Waals surface area contributed by atoms with Crippen molar-refractivity contribution < 1.29 is 51.6 Å². The zero-order valence-corrected chi connectivity index (χ0v) is 19.1. The predicted molar refractivity (Wildman–Crippen MR) is 106 cm³/mol. The van der Waals surface area contributed by atoms with Gasteiger partial charge in [0.1, 0.15) is 11.5 Å². The molecule has 0 N–H and O–H groups in total. The molecule has 0 bridgehead atoms. The van der Waals surface area contributed by atoms with Crippen LogP contribution in [0.1, 0.15) is 0 Å². The molecule has 0 aromatic rings. The van der Waals surface area contributed by atoms with E-state index in [9.17, 15) is 43.3 Å². The first-order valence-corrected chi connectivity index (χ1v) is 14.9. The van der Waals surface area contributed by atoms with Gasteiger partial charge in [-0.15, -0.1) is 0 Å². The molecule has 0 unspecified atom stereocenters. The highest BCUT2D eigenvalue weighted by molar-refractivity contribution is 7.92. The third-order valence-electron chi connectivity index (χ3n) is 2.57. The van der Waals surface area contributed by atoms with Crippen LogP contribution in [0.2, 0.25) is 0 Å². The third-order valence-corrected chi connectivity index (χ3v) is 6.71. The summed E-state index contributed by atoms with van der Waals surface area (Å²) in [5, 5.41) is 0. The summed E-state index contributed by atoms with van der Waals surface area (Å²) in [6.07, 6.45) is 2.79. The van der Waals surface area contributed by atoms with Crippen molar-refractivity contribution in [1.82, 2.24) is 0 Å². The number of hydrogen-bond acceptors (Lipinski definition) is 12. The molecule has 14 nitrogen and oxygen atoms in total. The second-order valence-electron chi connectivity index (χ2n) is 5.58. The van der Waals surface area contributed by atoms with Gasteiger partial charge in [-0.05, 0) is 0 Å². The smallest absolute Gasteiger partial charge is 0.264 e. The number of carbonyl (C=O) groups excluding carboxylic acids is 2. The van der Waals surface area contributed by atoms with E-state index in [0.29, 0.717) is 12.4 Å². The van der Waals surface area contributed by atoms with Gasteiger partial charge in [0.25, 0.3) is 32.1 Å². The normalized spacial score (nSPS) is 13.8. The van der Waals surface area contributed by atoms with Crippen molar-refractivity contribution in [3.63, 3.8) is 0 Å². The van der Waals surface area contributed by atoms with Crippen molar-refractivity contribution in [1.29, 1.82) is 0 Å². The summed E-state index contributed by atoms with van der Waals surface area (Å²) < 4.78 is 97.8. The van der Waals surface area contributed by atoms with Crippen LogP contribution >= 0.6 is 0 Å². The number of sulfone groups is 2. The summed E-state index contributed by atoms with van der Waals surface area (Å²) in [6.45, 7) is -1.34. The molecule has 0 atom stereocenters. The molecule has 0 fully saturated rings. The second kappa shape index (κ2) is 11.7. The molecule has 0 aliphatic heterocycles. The summed E-state index contributed by atoms with van der Waals surface area (Å²) in [7, 11) is -15.7. The first kappa shape index (κ1) is 28.4. The number of hydrogen-bond donors (Lipinski definition) is 0. The molecule has 2 amide bonds. The Morgan fingerprint density at radius 2 is 0.967 bits per heavy atom. The Bertz CT molecular complexity index is 1010. The number of aliphatic imine (C=N–C) groups is 2.